The third kappa shape index (κ3) is 2.94. The van der Waals surface area contributed by atoms with Gasteiger partial charge in [-0.05, 0) is 24.1 Å². The van der Waals surface area contributed by atoms with Crippen molar-refractivity contribution in [2.75, 3.05) is 25.1 Å². The van der Waals surface area contributed by atoms with Crippen LogP contribution in [-0.4, -0.2) is 54.3 Å². The van der Waals surface area contributed by atoms with Crippen LogP contribution in [0.25, 0.3) is 0 Å². The molecule has 8 nitrogen and oxygen atoms in total. The summed E-state index contributed by atoms with van der Waals surface area (Å²) in [5.41, 5.74) is 0.620. The van der Waals surface area contributed by atoms with E-state index in [-0.39, 0.29) is 12.3 Å². The predicted molar refractivity (Wildman–Crippen MR) is 119 cm³/mol. The van der Waals surface area contributed by atoms with Gasteiger partial charge in [-0.3, -0.25) is 24.1 Å². The highest BCUT2D eigenvalue weighted by Gasteiger charge is 2.73. The Hall–Kier alpha value is -3.52. The average Bonchev–Trinajstić information content (AvgIpc) is 3.26. The van der Waals surface area contributed by atoms with E-state index in [9.17, 15) is 19.2 Å². The number of piperazine rings is 1. The minimum atomic E-state index is -1.50. The van der Waals surface area contributed by atoms with Crippen molar-refractivity contribution in [1.29, 1.82) is 0 Å². The first kappa shape index (κ1) is 21.3. The molecule has 3 aliphatic rings. The van der Waals surface area contributed by atoms with Crippen LogP contribution >= 0.6 is 0 Å². The Balaban J connectivity index is 1.72. The molecule has 1 N–H and O–H groups in total. The summed E-state index contributed by atoms with van der Waals surface area (Å²) in [6, 6.07) is 16.1. The molecular formula is C25H25N3O5. The Morgan fingerprint density at radius 2 is 1.76 bits per heavy atom. The fourth-order valence-corrected chi connectivity index (χ4v) is 5.86. The monoisotopic (exact) mass is 447 g/mol. The van der Waals surface area contributed by atoms with Gasteiger partial charge in [0.15, 0.2) is 0 Å². The normalized spacial score (nSPS) is 29.0. The molecule has 3 amide bonds. The molecule has 3 aliphatic heterocycles. The second kappa shape index (κ2) is 7.81. The second-order valence-corrected chi connectivity index (χ2v) is 8.78. The van der Waals surface area contributed by atoms with Crippen LogP contribution in [0.5, 0.6) is 0 Å². The maximum Gasteiger partial charge on any atom is 0.307 e. The van der Waals surface area contributed by atoms with E-state index in [1.165, 1.54) is 12.0 Å². The summed E-state index contributed by atoms with van der Waals surface area (Å²) in [4.78, 5) is 57.0. The van der Waals surface area contributed by atoms with Gasteiger partial charge < -0.3 is 10.1 Å². The molecule has 0 aliphatic carbocycles. The Labute approximate surface area is 191 Å². The summed E-state index contributed by atoms with van der Waals surface area (Å²) in [6.07, 6.45) is -0.305. The van der Waals surface area contributed by atoms with Gasteiger partial charge in [-0.25, -0.2) is 4.90 Å². The molecule has 3 heterocycles. The SMILES string of the molecule is COC(=O)C[C@]12C(=O)NCCN1[C@@H](c1ccccc1)[C@H]1C(=O)N(c3ccccc3C)C(=O)[C@H]12. The lowest BCUT2D eigenvalue weighted by Gasteiger charge is -2.45. The van der Waals surface area contributed by atoms with Crippen LogP contribution < -0.4 is 10.2 Å². The molecule has 170 valence electrons. The maximum atomic E-state index is 13.9. The highest BCUT2D eigenvalue weighted by Crippen LogP contribution is 2.57. The number of aryl methyl sites for hydroxylation is 1. The molecule has 4 atom stereocenters. The smallest absolute Gasteiger partial charge is 0.307 e. The van der Waals surface area contributed by atoms with Crippen molar-refractivity contribution in [3.8, 4) is 0 Å². The van der Waals surface area contributed by atoms with E-state index in [1.54, 1.807) is 12.1 Å². The molecule has 0 bridgehead atoms. The highest BCUT2D eigenvalue weighted by atomic mass is 16.5. The highest BCUT2D eigenvalue weighted by molar-refractivity contribution is 6.25. The zero-order chi connectivity index (χ0) is 23.3. The number of anilines is 1. The Morgan fingerprint density at radius 1 is 1.06 bits per heavy atom. The lowest BCUT2D eigenvalue weighted by atomic mass is 9.76. The van der Waals surface area contributed by atoms with Gasteiger partial charge in [0.05, 0.1) is 31.1 Å². The number of para-hydroxylation sites is 1. The number of esters is 1. The van der Waals surface area contributed by atoms with E-state index in [0.29, 0.717) is 18.8 Å². The number of benzene rings is 2. The maximum absolute atomic E-state index is 13.9. The summed E-state index contributed by atoms with van der Waals surface area (Å²) >= 11 is 0. The summed E-state index contributed by atoms with van der Waals surface area (Å²) < 4.78 is 4.93. The van der Waals surface area contributed by atoms with Gasteiger partial charge in [0.1, 0.15) is 5.54 Å². The van der Waals surface area contributed by atoms with Crippen LogP contribution in [0.1, 0.15) is 23.6 Å². The van der Waals surface area contributed by atoms with Gasteiger partial charge in [0.2, 0.25) is 17.7 Å². The molecule has 3 saturated heterocycles. The topological polar surface area (TPSA) is 96.0 Å². The van der Waals surface area contributed by atoms with Crippen molar-refractivity contribution in [3.63, 3.8) is 0 Å². The van der Waals surface area contributed by atoms with Crippen molar-refractivity contribution in [3.05, 3.63) is 65.7 Å². The molecule has 0 aromatic heterocycles. The van der Waals surface area contributed by atoms with E-state index in [2.05, 4.69) is 5.32 Å². The van der Waals surface area contributed by atoms with E-state index >= 15 is 0 Å². The number of methoxy groups -OCH3 is 1. The third-order valence-electron chi connectivity index (χ3n) is 7.22. The number of imide groups is 1. The fourth-order valence-electron chi connectivity index (χ4n) is 5.86. The van der Waals surface area contributed by atoms with Gasteiger partial charge in [0.25, 0.3) is 0 Å². The van der Waals surface area contributed by atoms with Gasteiger partial charge in [-0.15, -0.1) is 0 Å². The quantitative estimate of drug-likeness (QED) is 0.565. The van der Waals surface area contributed by atoms with Crippen molar-refractivity contribution < 1.29 is 23.9 Å². The van der Waals surface area contributed by atoms with E-state index in [0.717, 1.165) is 11.1 Å². The average molecular weight is 447 g/mol. The van der Waals surface area contributed by atoms with Crippen molar-refractivity contribution in [2.24, 2.45) is 11.8 Å². The molecular weight excluding hydrogens is 422 g/mol. The molecule has 2 aromatic carbocycles. The lowest BCUT2D eigenvalue weighted by molar-refractivity contribution is -0.154. The zero-order valence-electron chi connectivity index (χ0n) is 18.5. The number of carbonyl (C=O) groups excluding carboxylic acids is 4. The molecule has 0 saturated carbocycles. The predicted octanol–water partition coefficient (Wildman–Crippen LogP) is 1.59. The van der Waals surface area contributed by atoms with Crippen LogP contribution in [0.4, 0.5) is 5.69 Å². The standard InChI is InChI=1S/C25H25N3O5/c1-15-8-6-7-11-17(15)28-22(30)19-20(23(28)31)25(14-18(29)33-2)24(32)26-12-13-27(25)21(19)16-9-4-3-5-10-16/h3-11,19-21H,12-14H2,1-2H3,(H,26,32)/t19-,20-,21-,25-/m0/s1. The Morgan fingerprint density at radius 3 is 2.45 bits per heavy atom. The Kier molecular flexibility index (Phi) is 5.05. The second-order valence-electron chi connectivity index (χ2n) is 8.78. The number of hydrogen-bond acceptors (Lipinski definition) is 6. The van der Waals surface area contributed by atoms with Gasteiger partial charge in [-0.2, -0.15) is 0 Å². The number of nitrogens with one attached hydrogen (secondary N) is 1. The van der Waals surface area contributed by atoms with Crippen molar-refractivity contribution in [2.45, 2.75) is 24.9 Å². The summed E-state index contributed by atoms with van der Waals surface area (Å²) in [7, 11) is 1.26. The zero-order valence-corrected chi connectivity index (χ0v) is 18.5. The van der Waals surface area contributed by atoms with Crippen molar-refractivity contribution in [1.82, 2.24) is 10.2 Å². The molecule has 0 unspecified atom stereocenters. The van der Waals surface area contributed by atoms with Crippen LogP contribution in [0.15, 0.2) is 54.6 Å². The Bertz CT molecular complexity index is 1150. The van der Waals surface area contributed by atoms with Crippen LogP contribution in [0.3, 0.4) is 0 Å². The third-order valence-corrected chi connectivity index (χ3v) is 7.22. The summed E-state index contributed by atoms with van der Waals surface area (Å²) in [6.45, 7) is 2.62. The number of hydrogen-bond donors (Lipinski definition) is 1. The van der Waals surface area contributed by atoms with E-state index < -0.39 is 41.2 Å². The molecule has 0 spiro atoms. The first-order chi connectivity index (χ1) is 15.9. The minimum absolute atomic E-state index is 0.305. The van der Waals surface area contributed by atoms with Gasteiger partial charge in [-0.1, -0.05) is 48.5 Å². The van der Waals surface area contributed by atoms with Crippen LogP contribution in [0, 0.1) is 18.8 Å². The van der Waals surface area contributed by atoms with E-state index in [1.807, 2.05) is 54.3 Å². The first-order valence-corrected chi connectivity index (χ1v) is 11.0. The van der Waals surface area contributed by atoms with Gasteiger partial charge in [0, 0.05) is 19.1 Å². The lowest BCUT2D eigenvalue weighted by Crippen LogP contribution is -2.67. The molecule has 3 fully saturated rings. The fraction of sp³-hybridized carbons (Fsp3) is 0.360. The first-order valence-electron chi connectivity index (χ1n) is 11.0. The van der Waals surface area contributed by atoms with Gasteiger partial charge >= 0.3 is 5.97 Å². The van der Waals surface area contributed by atoms with Crippen LogP contribution in [0.2, 0.25) is 0 Å². The number of nitrogens with zero attached hydrogens (tertiary/aromatic N) is 2. The molecule has 5 rings (SSSR count). The number of rotatable bonds is 4. The number of amides is 3. The summed E-state index contributed by atoms with van der Waals surface area (Å²) in [5.74, 6) is -3.62. The largest absolute Gasteiger partial charge is 0.469 e. The minimum Gasteiger partial charge on any atom is -0.469 e. The molecule has 0 radical (unpaired) electrons. The van der Waals surface area contributed by atoms with Crippen molar-refractivity contribution >= 4 is 29.4 Å². The number of carbonyl (C=O) groups is 4. The molecule has 2 aromatic rings. The number of fused-ring (bicyclic) bond motifs is 3. The summed E-state index contributed by atoms with van der Waals surface area (Å²) in [5, 5.41) is 2.84. The molecule has 8 heteroatoms. The van der Waals surface area contributed by atoms with E-state index in [4.69, 9.17) is 4.74 Å². The molecule has 33 heavy (non-hydrogen) atoms. The number of ether oxygens (including phenoxy) is 1. The van der Waals surface area contributed by atoms with Crippen LogP contribution in [-0.2, 0) is 23.9 Å².